The Morgan fingerprint density at radius 3 is 2.67 bits per heavy atom. The van der Waals surface area contributed by atoms with Gasteiger partial charge in [-0.15, -0.1) is 0 Å². The van der Waals surface area contributed by atoms with E-state index in [2.05, 4.69) is 0 Å². The summed E-state index contributed by atoms with van der Waals surface area (Å²) in [5.41, 5.74) is 2.01. The fourth-order valence-corrected chi connectivity index (χ4v) is 3.06. The first-order valence-corrected chi connectivity index (χ1v) is 7.04. The minimum absolute atomic E-state index is 0.538. The summed E-state index contributed by atoms with van der Waals surface area (Å²) < 4.78 is 1.94. The maximum Gasteiger partial charge on any atom is 0.144 e. The molecule has 0 aliphatic heterocycles. The van der Waals surface area contributed by atoms with E-state index < -0.39 is 0 Å². The molecule has 3 nitrogen and oxygen atoms in total. The first kappa shape index (κ1) is 12.0. The summed E-state index contributed by atoms with van der Waals surface area (Å²) in [5.74, 6) is 1.55. The summed E-state index contributed by atoms with van der Waals surface area (Å²) in [6.45, 7) is 2.05. The van der Waals surface area contributed by atoms with Crippen LogP contribution in [0.25, 0.3) is 11.0 Å². The highest BCUT2D eigenvalue weighted by molar-refractivity contribution is 6.30. The fraction of sp³-hybridized carbons (Fsp3) is 0.571. The Morgan fingerprint density at radius 2 is 1.94 bits per heavy atom. The van der Waals surface area contributed by atoms with Gasteiger partial charge in [0.05, 0.1) is 5.69 Å². The number of aryl methyl sites for hydroxylation is 2. The summed E-state index contributed by atoms with van der Waals surface area (Å²) in [4.78, 5) is 9.44. The van der Waals surface area contributed by atoms with Crippen molar-refractivity contribution in [3.05, 3.63) is 22.7 Å². The molecule has 18 heavy (non-hydrogen) atoms. The van der Waals surface area contributed by atoms with E-state index in [9.17, 15) is 0 Å². The van der Waals surface area contributed by atoms with E-state index in [1.54, 1.807) is 0 Å². The molecule has 1 aliphatic rings. The van der Waals surface area contributed by atoms with Crippen LogP contribution in [0.1, 0.15) is 49.5 Å². The maximum absolute atomic E-state index is 6.16. The van der Waals surface area contributed by atoms with Crippen LogP contribution in [0.3, 0.4) is 0 Å². The van der Waals surface area contributed by atoms with E-state index in [1.807, 2.05) is 24.6 Å². The van der Waals surface area contributed by atoms with Crippen LogP contribution in [0.2, 0.25) is 5.15 Å². The smallest absolute Gasteiger partial charge is 0.144 e. The number of aromatic nitrogens is 3. The molecule has 1 aliphatic carbocycles. The molecule has 0 spiro atoms. The molecule has 1 saturated carbocycles. The van der Waals surface area contributed by atoms with Crippen molar-refractivity contribution in [1.82, 2.24) is 14.5 Å². The van der Waals surface area contributed by atoms with Crippen LogP contribution in [-0.4, -0.2) is 14.5 Å². The summed E-state index contributed by atoms with van der Waals surface area (Å²) in [6, 6.07) is 1.96. The highest BCUT2D eigenvalue weighted by Crippen LogP contribution is 2.32. The van der Waals surface area contributed by atoms with Gasteiger partial charge in [-0.3, -0.25) is 0 Å². The van der Waals surface area contributed by atoms with Crippen molar-refractivity contribution < 1.29 is 0 Å². The fourth-order valence-electron chi connectivity index (χ4n) is 2.87. The molecule has 0 atom stereocenters. The van der Waals surface area contributed by atoms with Gasteiger partial charge in [-0.25, -0.2) is 9.97 Å². The van der Waals surface area contributed by atoms with Crippen LogP contribution in [-0.2, 0) is 7.05 Å². The third-order valence-electron chi connectivity index (χ3n) is 4.01. The van der Waals surface area contributed by atoms with Crippen LogP contribution < -0.4 is 0 Å². The number of nitrogens with zero attached hydrogens (tertiary/aromatic N) is 3. The average molecular weight is 264 g/mol. The van der Waals surface area contributed by atoms with Gasteiger partial charge >= 0.3 is 0 Å². The minimum Gasteiger partial charge on any atom is -0.319 e. The molecule has 3 rings (SSSR count). The van der Waals surface area contributed by atoms with Gasteiger partial charge in [0.25, 0.3) is 0 Å². The lowest BCUT2D eigenvalue weighted by Gasteiger charge is -2.20. The normalized spacial score (nSPS) is 17.5. The first-order valence-electron chi connectivity index (χ1n) is 6.66. The number of hydrogen-bond donors (Lipinski definition) is 0. The molecule has 2 heterocycles. The van der Waals surface area contributed by atoms with Gasteiger partial charge in [0.2, 0.25) is 0 Å². The maximum atomic E-state index is 6.16. The summed E-state index contributed by atoms with van der Waals surface area (Å²) >= 11 is 6.16. The third-order valence-corrected chi connectivity index (χ3v) is 4.37. The van der Waals surface area contributed by atoms with Gasteiger partial charge in [0.15, 0.2) is 0 Å². The van der Waals surface area contributed by atoms with Crippen LogP contribution in [0.4, 0.5) is 0 Å². The molecule has 0 saturated heterocycles. The van der Waals surface area contributed by atoms with Crippen molar-refractivity contribution in [2.45, 2.75) is 44.9 Å². The van der Waals surface area contributed by atoms with Crippen molar-refractivity contribution >= 4 is 22.6 Å². The second kappa shape index (κ2) is 4.54. The molecule has 2 aromatic rings. The van der Waals surface area contributed by atoms with Crippen molar-refractivity contribution in [2.75, 3.05) is 0 Å². The van der Waals surface area contributed by atoms with Gasteiger partial charge in [0.1, 0.15) is 16.6 Å². The average Bonchev–Trinajstić information content (AvgIpc) is 2.68. The molecular weight excluding hydrogens is 246 g/mol. The first-order chi connectivity index (χ1) is 8.66. The van der Waals surface area contributed by atoms with E-state index in [0.717, 1.165) is 27.7 Å². The molecule has 96 valence electrons. The van der Waals surface area contributed by atoms with Crippen LogP contribution >= 0.6 is 11.6 Å². The predicted octanol–water partition coefficient (Wildman–Crippen LogP) is 3.98. The zero-order valence-electron chi connectivity index (χ0n) is 10.9. The quantitative estimate of drug-likeness (QED) is 0.779. The molecule has 0 amide bonds. The Balaban J connectivity index is 2.10. The zero-order chi connectivity index (χ0) is 12.7. The number of rotatable bonds is 1. The number of halogens is 1. The molecular formula is C14H18ClN3. The summed E-state index contributed by atoms with van der Waals surface area (Å²) in [5, 5.41) is 1.80. The molecule has 0 unspecified atom stereocenters. The molecule has 0 radical (unpaired) electrons. The SMILES string of the molecule is Cc1nc(C2CCCCC2)nc2c1cc(Cl)n2C. The topological polar surface area (TPSA) is 30.7 Å². The third kappa shape index (κ3) is 1.91. The molecule has 1 fully saturated rings. The van der Waals surface area contributed by atoms with Crippen molar-refractivity contribution in [3.63, 3.8) is 0 Å². The summed E-state index contributed by atoms with van der Waals surface area (Å²) in [7, 11) is 1.96. The lowest BCUT2D eigenvalue weighted by Crippen LogP contribution is -2.10. The van der Waals surface area contributed by atoms with Gasteiger partial charge in [0, 0.05) is 18.4 Å². The Hall–Kier alpha value is -1.09. The van der Waals surface area contributed by atoms with E-state index in [1.165, 1.54) is 32.1 Å². The highest BCUT2D eigenvalue weighted by Gasteiger charge is 2.20. The van der Waals surface area contributed by atoms with E-state index in [0.29, 0.717) is 5.92 Å². The molecule has 2 aromatic heterocycles. The van der Waals surface area contributed by atoms with Crippen LogP contribution in [0.5, 0.6) is 0 Å². The highest BCUT2D eigenvalue weighted by atomic mass is 35.5. The van der Waals surface area contributed by atoms with Gasteiger partial charge < -0.3 is 4.57 Å². The predicted molar refractivity (Wildman–Crippen MR) is 74.1 cm³/mol. The second-order valence-corrected chi connectivity index (χ2v) is 5.65. The van der Waals surface area contributed by atoms with E-state index >= 15 is 0 Å². The Labute approximate surface area is 112 Å². The van der Waals surface area contributed by atoms with Crippen LogP contribution in [0.15, 0.2) is 6.07 Å². The number of hydrogen-bond acceptors (Lipinski definition) is 2. The molecule has 0 bridgehead atoms. The lowest BCUT2D eigenvalue weighted by atomic mass is 9.88. The lowest BCUT2D eigenvalue weighted by molar-refractivity contribution is 0.429. The molecule has 0 N–H and O–H groups in total. The molecule has 0 aromatic carbocycles. The van der Waals surface area contributed by atoms with Gasteiger partial charge in [-0.2, -0.15) is 0 Å². The number of fused-ring (bicyclic) bond motifs is 1. The van der Waals surface area contributed by atoms with Crippen molar-refractivity contribution in [2.24, 2.45) is 7.05 Å². The summed E-state index contributed by atoms with van der Waals surface area (Å²) in [6.07, 6.45) is 6.41. The monoisotopic (exact) mass is 263 g/mol. The zero-order valence-corrected chi connectivity index (χ0v) is 11.7. The standard InChI is InChI=1S/C14H18ClN3/c1-9-11-8-12(15)18(2)14(11)17-13(16-9)10-6-4-3-5-7-10/h8,10H,3-7H2,1-2H3. The second-order valence-electron chi connectivity index (χ2n) is 5.27. The van der Waals surface area contributed by atoms with Gasteiger partial charge in [-0.05, 0) is 25.8 Å². The molecule has 4 heteroatoms. The van der Waals surface area contributed by atoms with Gasteiger partial charge in [-0.1, -0.05) is 30.9 Å². The Morgan fingerprint density at radius 1 is 1.22 bits per heavy atom. The van der Waals surface area contributed by atoms with E-state index in [-0.39, 0.29) is 0 Å². The van der Waals surface area contributed by atoms with Crippen molar-refractivity contribution in [1.29, 1.82) is 0 Å². The van der Waals surface area contributed by atoms with E-state index in [4.69, 9.17) is 21.6 Å². The minimum atomic E-state index is 0.538. The van der Waals surface area contributed by atoms with Crippen molar-refractivity contribution in [3.8, 4) is 0 Å². The largest absolute Gasteiger partial charge is 0.319 e. The van der Waals surface area contributed by atoms with Crippen LogP contribution in [0, 0.1) is 6.92 Å². The Bertz CT molecular complexity index is 582. The Kier molecular flexibility index (Phi) is 3.02.